The molecule has 0 bridgehead atoms. The molecule has 1 unspecified atom stereocenters. The number of carbonyl (C=O) groups is 2. The fraction of sp³-hybridized carbons (Fsp3) is 0.267. The molecule has 1 amide bonds. The first kappa shape index (κ1) is 14.8. The highest BCUT2D eigenvalue weighted by atomic mass is 16.4. The number of aliphatic carboxylic acids is 1. The number of hydrogen-bond donors (Lipinski definition) is 3. The van der Waals surface area contributed by atoms with Gasteiger partial charge in [0.15, 0.2) is 5.82 Å². The van der Waals surface area contributed by atoms with E-state index in [1.54, 1.807) is 6.07 Å². The lowest BCUT2D eigenvalue weighted by atomic mass is 10.1. The number of aromatic nitrogens is 2. The van der Waals surface area contributed by atoms with Crippen LogP contribution in [-0.2, 0) is 9.59 Å². The average Bonchev–Trinajstić information content (AvgIpc) is 2.85. The van der Waals surface area contributed by atoms with Gasteiger partial charge in [0.25, 0.3) is 0 Å². The molecule has 0 aliphatic carbocycles. The third-order valence-electron chi connectivity index (χ3n) is 3.13. The van der Waals surface area contributed by atoms with Crippen LogP contribution in [0.1, 0.15) is 18.1 Å². The zero-order chi connectivity index (χ0) is 15.6. The van der Waals surface area contributed by atoms with E-state index in [4.69, 9.17) is 5.11 Å². The van der Waals surface area contributed by atoms with E-state index < -0.39 is 17.8 Å². The van der Waals surface area contributed by atoms with Crippen molar-refractivity contribution in [3.63, 3.8) is 0 Å². The van der Waals surface area contributed by atoms with Gasteiger partial charge < -0.3 is 10.4 Å². The van der Waals surface area contributed by atoms with Crippen molar-refractivity contribution in [2.75, 3.05) is 5.32 Å². The summed E-state index contributed by atoms with van der Waals surface area (Å²) in [5.74, 6) is -2.58. The lowest BCUT2D eigenvalue weighted by Crippen LogP contribution is -2.26. The maximum Gasteiger partial charge on any atom is 0.315 e. The second kappa shape index (κ2) is 5.78. The summed E-state index contributed by atoms with van der Waals surface area (Å²) in [4.78, 5) is 22.4. The molecule has 0 fully saturated rings. The molecule has 1 heterocycles. The number of carboxylic acid groups (broad SMARTS) is 1. The van der Waals surface area contributed by atoms with Crippen LogP contribution in [0, 0.1) is 19.8 Å². The molecule has 21 heavy (non-hydrogen) atoms. The van der Waals surface area contributed by atoms with Crippen LogP contribution in [0.5, 0.6) is 0 Å². The quantitative estimate of drug-likeness (QED) is 0.752. The van der Waals surface area contributed by atoms with Gasteiger partial charge in [0.2, 0.25) is 5.91 Å². The second-order valence-corrected chi connectivity index (χ2v) is 5.09. The third kappa shape index (κ3) is 3.47. The van der Waals surface area contributed by atoms with Gasteiger partial charge in [-0.1, -0.05) is 17.2 Å². The molecule has 6 heteroatoms. The normalized spacial score (nSPS) is 12.0. The van der Waals surface area contributed by atoms with E-state index in [0.29, 0.717) is 5.82 Å². The number of H-pyrrole nitrogens is 1. The average molecular weight is 287 g/mol. The monoisotopic (exact) mass is 287 g/mol. The molecule has 0 saturated heterocycles. The number of anilines is 1. The van der Waals surface area contributed by atoms with Crippen LogP contribution in [-0.4, -0.2) is 27.2 Å². The van der Waals surface area contributed by atoms with Gasteiger partial charge in [0.1, 0.15) is 5.92 Å². The lowest BCUT2D eigenvalue weighted by Gasteiger charge is -2.04. The molecule has 110 valence electrons. The summed E-state index contributed by atoms with van der Waals surface area (Å²) in [5, 5.41) is 18.1. The predicted octanol–water partition coefficient (Wildman–Crippen LogP) is 2.35. The molecular weight excluding hydrogens is 270 g/mol. The number of carboxylic acids is 1. The number of aromatic amines is 1. The first-order chi connectivity index (χ1) is 9.86. The maximum atomic E-state index is 11.7. The highest BCUT2D eigenvalue weighted by Gasteiger charge is 2.21. The Morgan fingerprint density at radius 3 is 2.38 bits per heavy atom. The summed E-state index contributed by atoms with van der Waals surface area (Å²) in [6.45, 7) is 5.34. The molecular formula is C15H17N3O3. The largest absolute Gasteiger partial charge is 0.481 e. The molecule has 0 spiro atoms. The molecule has 1 atom stereocenters. The van der Waals surface area contributed by atoms with E-state index >= 15 is 0 Å². The summed E-state index contributed by atoms with van der Waals surface area (Å²) in [7, 11) is 0. The van der Waals surface area contributed by atoms with E-state index in [2.05, 4.69) is 21.6 Å². The summed E-state index contributed by atoms with van der Waals surface area (Å²) < 4.78 is 0. The summed E-state index contributed by atoms with van der Waals surface area (Å²) in [6.07, 6.45) is 0. The Morgan fingerprint density at radius 1 is 1.19 bits per heavy atom. The van der Waals surface area contributed by atoms with Crippen molar-refractivity contribution in [1.82, 2.24) is 10.2 Å². The minimum atomic E-state index is -1.17. The highest BCUT2D eigenvalue weighted by Crippen LogP contribution is 2.22. The fourth-order valence-electron chi connectivity index (χ4n) is 2.01. The topological polar surface area (TPSA) is 95.1 Å². The lowest BCUT2D eigenvalue weighted by molar-refractivity contribution is -0.144. The molecule has 0 aliphatic rings. The SMILES string of the molecule is Cc1cc(C)cc(-c2cc(NC(=O)C(C)C(=O)O)n[nH]2)c1. The van der Waals surface area contributed by atoms with Gasteiger partial charge in [-0.15, -0.1) is 0 Å². The molecule has 0 radical (unpaired) electrons. The molecule has 0 saturated carbocycles. The molecule has 6 nitrogen and oxygen atoms in total. The number of aryl methyl sites for hydroxylation is 2. The zero-order valence-corrected chi connectivity index (χ0v) is 12.1. The Morgan fingerprint density at radius 2 is 1.81 bits per heavy atom. The Kier molecular flexibility index (Phi) is 4.07. The third-order valence-corrected chi connectivity index (χ3v) is 3.13. The number of nitrogens with one attached hydrogen (secondary N) is 2. The molecule has 1 aromatic heterocycles. The van der Waals surface area contributed by atoms with E-state index in [1.807, 2.05) is 26.0 Å². The number of hydrogen-bond acceptors (Lipinski definition) is 3. The fourth-order valence-corrected chi connectivity index (χ4v) is 2.01. The number of benzene rings is 1. The van der Waals surface area contributed by atoms with Gasteiger partial charge in [-0.3, -0.25) is 14.7 Å². The summed E-state index contributed by atoms with van der Waals surface area (Å²) in [5.41, 5.74) is 3.99. The van der Waals surface area contributed by atoms with Gasteiger partial charge in [0.05, 0.1) is 5.69 Å². The Bertz CT molecular complexity index is 671. The van der Waals surface area contributed by atoms with Crippen LogP contribution in [0.3, 0.4) is 0 Å². The first-order valence-corrected chi connectivity index (χ1v) is 6.54. The van der Waals surface area contributed by atoms with Crippen molar-refractivity contribution in [3.8, 4) is 11.3 Å². The van der Waals surface area contributed by atoms with E-state index in [9.17, 15) is 9.59 Å². The zero-order valence-electron chi connectivity index (χ0n) is 12.1. The molecule has 2 rings (SSSR count). The molecule has 1 aromatic carbocycles. The van der Waals surface area contributed by atoms with Crippen molar-refractivity contribution >= 4 is 17.7 Å². The maximum absolute atomic E-state index is 11.7. The van der Waals surface area contributed by atoms with Gasteiger partial charge in [0, 0.05) is 11.6 Å². The first-order valence-electron chi connectivity index (χ1n) is 6.54. The van der Waals surface area contributed by atoms with Crippen LogP contribution in [0.25, 0.3) is 11.3 Å². The van der Waals surface area contributed by atoms with Crippen LogP contribution in [0.2, 0.25) is 0 Å². The van der Waals surface area contributed by atoms with Gasteiger partial charge in [-0.2, -0.15) is 5.10 Å². The van der Waals surface area contributed by atoms with Crippen molar-refractivity contribution in [1.29, 1.82) is 0 Å². The number of rotatable bonds is 4. The Hall–Kier alpha value is -2.63. The Balaban J connectivity index is 2.18. The second-order valence-electron chi connectivity index (χ2n) is 5.09. The molecule has 0 aliphatic heterocycles. The predicted molar refractivity (Wildman–Crippen MR) is 78.9 cm³/mol. The van der Waals surface area contributed by atoms with Crippen molar-refractivity contribution in [2.24, 2.45) is 5.92 Å². The minimum Gasteiger partial charge on any atom is -0.481 e. The van der Waals surface area contributed by atoms with Gasteiger partial charge in [-0.05, 0) is 32.9 Å². The summed E-state index contributed by atoms with van der Waals surface area (Å²) >= 11 is 0. The smallest absolute Gasteiger partial charge is 0.315 e. The van der Waals surface area contributed by atoms with Crippen molar-refractivity contribution in [2.45, 2.75) is 20.8 Å². The Labute approximate surface area is 122 Å². The van der Waals surface area contributed by atoms with E-state index in [1.165, 1.54) is 6.92 Å². The van der Waals surface area contributed by atoms with E-state index in [-0.39, 0.29) is 0 Å². The minimum absolute atomic E-state index is 0.308. The van der Waals surface area contributed by atoms with Crippen LogP contribution >= 0.6 is 0 Å². The molecule has 3 N–H and O–H groups in total. The van der Waals surface area contributed by atoms with E-state index in [0.717, 1.165) is 22.4 Å². The number of carbonyl (C=O) groups excluding carboxylic acids is 1. The highest BCUT2D eigenvalue weighted by molar-refractivity contribution is 6.03. The van der Waals surface area contributed by atoms with Crippen LogP contribution in [0.4, 0.5) is 5.82 Å². The van der Waals surface area contributed by atoms with Gasteiger partial charge >= 0.3 is 5.97 Å². The standard InChI is InChI=1S/C15H17N3O3/c1-8-4-9(2)6-11(5-8)12-7-13(18-17-12)16-14(19)10(3)15(20)21/h4-7,10H,1-3H3,(H,20,21)(H2,16,17,18,19). The molecule has 2 aromatic rings. The summed E-state index contributed by atoms with van der Waals surface area (Å²) in [6, 6.07) is 7.76. The van der Waals surface area contributed by atoms with Crippen molar-refractivity contribution < 1.29 is 14.7 Å². The number of nitrogens with zero attached hydrogens (tertiary/aromatic N) is 1. The number of amides is 1. The van der Waals surface area contributed by atoms with Gasteiger partial charge in [-0.25, -0.2) is 0 Å². The van der Waals surface area contributed by atoms with Crippen LogP contribution < -0.4 is 5.32 Å². The van der Waals surface area contributed by atoms with Crippen LogP contribution in [0.15, 0.2) is 24.3 Å². The van der Waals surface area contributed by atoms with Crippen molar-refractivity contribution in [3.05, 3.63) is 35.4 Å².